The van der Waals surface area contributed by atoms with E-state index in [1.807, 2.05) is 5.32 Å². The minimum Gasteiger partial charge on any atom is -0.479 e. The van der Waals surface area contributed by atoms with Crippen molar-refractivity contribution in [1.82, 2.24) is 20.9 Å². The number of imide groups is 1. The SMILES string of the molecule is CC1(c2ccc(C(=N)N)cc2)NC(=O)N(CC(=O)N[C@@H](C(=O)O)C(=O)N[C@H](C(=O)O)c2ccccc2)C1=O. The molecule has 1 aliphatic heterocycles. The van der Waals surface area contributed by atoms with Crippen LogP contribution in [0.2, 0.25) is 0 Å². The Balaban J connectivity index is 1.71. The molecule has 1 aliphatic rings. The molecule has 3 rings (SSSR count). The van der Waals surface area contributed by atoms with Crippen LogP contribution in [0.3, 0.4) is 0 Å². The fourth-order valence-corrected chi connectivity index (χ4v) is 3.77. The number of carboxylic acids is 2. The van der Waals surface area contributed by atoms with Crippen molar-refractivity contribution < 1.29 is 39.0 Å². The molecule has 3 atom stereocenters. The third kappa shape index (κ3) is 5.59. The van der Waals surface area contributed by atoms with Crippen molar-refractivity contribution >= 4 is 41.5 Å². The van der Waals surface area contributed by atoms with Crippen molar-refractivity contribution in [2.45, 2.75) is 24.5 Å². The number of amides is 5. The Labute approximate surface area is 215 Å². The van der Waals surface area contributed by atoms with Crippen molar-refractivity contribution in [3.05, 3.63) is 71.3 Å². The van der Waals surface area contributed by atoms with E-state index in [0.29, 0.717) is 16.0 Å². The third-order valence-corrected chi connectivity index (χ3v) is 5.83. The number of carbonyl (C=O) groups is 6. The minimum atomic E-state index is -2.21. The normalized spacial score (nSPS) is 18.2. The summed E-state index contributed by atoms with van der Waals surface area (Å²) in [5.41, 5.74) is 4.75. The summed E-state index contributed by atoms with van der Waals surface area (Å²) in [6.07, 6.45) is 0. The molecule has 8 N–H and O–H groups in total. The number of carbonyl (C=O) groups excluding carboxylic acids is 4. The van der Waals surface area contributed by atoms with Gasteiger partial charge < -0.3 is 31.9 Å². The average Bonchev–Trinajstić information content (AvgIpc) is 3.09. The van der Waals surface area contributed by atoms with E-state index in [4.69, 9.17) is 11.1 Å². The lowest BCUT2D eigenvalue weighted by Crippen LogP contribution is -2.55. The van der Waals surface area contributed by atoms with Gasteiger partial charge in [-0.3, -0.25) is 24.7 Å². The first-order valence-corrected chi connectivity index (χ1v) is 11.0. The minimum absolute atomic E-state index is 0.166. The number of nitrogens with one attached hydrogen (secondary N) is 4. The van der Waals surface area contributed by atoms with E-state index in [9.17, 15) is 39.0 Å². The molecule has 1 fully saturated rings. The molecule has 0 radical (unpaired) electrons. The summed E-state index contributed by atoms with van der Waals surface area (Å²) in [5.74, 6) is -6.75. The van der Waals surface area contributed by atoms with E-state index in [0.717, 1.165) is 0 Å². The summed E-state index contributed by atoms with van der Waals surface area (Å²) in [6.45, 7) is 0.487. The monoisotopic (exact) mass is 524 g/mol. The molecule has 2 aromatic rings. The number of urea groups is 1. The fraction of sp³-hybridized carbons (Fsp3) is 0.208. The van der Waals surface area contributed by atoms with Crippen LogP contribution in [0.4, 0.5) is 4.79 Å². The van der Waals surface area contributed by atoms with Crippen LogP contribution in [-0.4, -0.2) is 69.2 Å². The summed E-state index contributed by atoms with van der Waals surface area (Å²) < 4.78 is 0. The van der Waals surface area contributed by atoms with Gasteiger partial charge >= 0.3 is 18.0 Å². The van der Waals surface area contributed by atoms with E-state index in [1.54, 1.807) is 6.07 Å². The topological polar surface area (TPSA) is 232 Å². The Morgan fingerprint density at radius 1 is 1.00 bits per heavy atom. The smallest absolute Gasteiger partial charge is 0.336 e. The summed E-state index contributed by atoms with van der Waals surface area (Å²) in [5, 5.41) is 32.8. The first-order valence-electron chi connectivity index (χ1n) is 11.0. The largest absolute Gasteiger partial charge is 0.479 e. The van der Waals surface area contributed by atoms with E-state index < -0.39 is 59.9 Å². The number of carboxylic acid groups (broad SMARTS) is 2. The van der Waals surface area contributed by atoms with Gasteiger partial charge in [0, 0.05) is 5.56 Å². The number of nitrogens with two attached hydrogens (primary N) is 1. The average molecular weight is 524 g/mol. The van der Waals surface area contributed by atoms with Crippen LogP contribution in [0.25, 0.3) is 0 Å². The van der Waals surface area contributed by atoms with Gasteiger partial charge in [-0.05, 0) is 18.1 Å². The number of rotatable bonds is 10. The van der Waals surface area contributed by atoms with E-state index in [2.05, 4.69) is 10.6 Å². The fourth-order valence-electron chi connectivity index (χ4n) is 3.77. The molecule has 5 amide bonds. The number of benzene rings is 2. The molecule has 1 saturated heterocycles. The molecule has 2 aromatic carbocycles. The van der Waals surface area contributed by atoms with E-state index in [-0.39, 0.29) is 11.4 Å². The van der Waals surface area contributed by atoms with Gasteiger partial charge in [-0.2, -0.15) is 0 Å². The van der Waals surface area contributed by atoms with Gasteiger partial charge in [0.2, 0.25) is 11.9 Å². The zero-order chi connectivity index (χ0) is 28.2. The molecule has 1 unspecified atom stereocenters. The Morgan fingerprint density at radius 3 is 2.13 bits per heavy atom. The number of amidine groups is 1. The Bertz CT molecular complexity index is 1310. The molecule has 38 heavy (non-hydrogen) atoms. The summed E-state index contributed by atoms with van der Waals surface area (Å²) >= 11 is 0. The van der Waals surface area contributed by atoms with Crippen LogP contribution < -0.4 is 21.7 Å². The quantitative estimate of drug-likeness (QED) is 0.0895. The molecule has 0 aliphatic carbocycles. The third-order valence-electron chi connectivity index (χ3n) is 5.83. The second kappa shape index (κ2) is 10.8. The van der Waals surface area contributed by atoms with E-state index in [1.165, 1.54) is 55.5 Å². The summed E-state index contributed by atoms with van der Waals surface area (Å²) in [7, 11) is 0. The van der Waals surface area contributed by atoms with Crippen molar-refractivity contribution in [3.8, 4) is 0 Å². The maximum atomic E-state index is 13.1. The standard InChI is InChI=1S/C24H24N6O8/c1-24(14-9-7-13(8-10-14)18(25)26)22(37)30(23(38)29-24)11-15(31)27-17(21(35)36)19(32)28-16(20(33)34)12-5-3-2-4-6-12/h2-10,16-17H,11H2,1H3,(H3,25,26)(H,27,31)(H,28,32)(H,29,38)(H,33,34)(H,35,36)/t16-,17+,24?/m0/s1. The van der Waals surface area contributed by atoms with Gasteiger partial charge in [0.05, 0.1) is 0 Å². The van der Waals surface area contributed by atoms with Crippen LogP contribution in [0.15, 0.2) is 54.6 Å². The van der Waals surface area contributed by atoms with Gasteiger partial charge in [-0.25, -0.2) is 14.4 Å². The number of hydrogen-bond acceptors (Lipinski definition) is 7. The first-order chi connectivity index (χ1) is 17.8. The number of nitrogens with zero attached hydrogens (tertiary/aromatic N) is 1. The van der Waals surface area contributed by atoms with Crippen LogP contribution in [0.5, 0.6) is 0 Å². The van der Waals surface area contributed by atoms with Gasteiger partial charge in [0.15, 0.2) is 6.04 Å². The van der Waals surface area contributed by atoms with Crippen molar-refractivity contribution in [1.29, 1.82) is 5.41 Å². The highest BCUT2D eigenvalue weighted by atomic mass is 16.4. The number of hydrogen-bond donors (Lipinski definition) is 7. The Morgan fingerprint density at radius 2 is 1.61 bits per heavy atom. The lowest BCUT2D eigenvalue weighted by atomic mass is 9.91. The van der Waals surface area contributed by atoms with Gasteiger partial charge in [-0.1, -0.05) is 54.6 Å². The lowest BCUT2D eigenvalue weighted by molar-refractivity contribution is -0.149. The van der Waals surface area contributed by atoms with Crippen molar-refractivity contribution in [2.24, 2.45) is 5.73 Å². The Kier molecular flexibility index (Phi) is 7.75. The van der Waals surface area contributed by atoms with Gasteiger partial charge in [0.1, 0.15) is 17.9 Å². The Hall–Kier alpha value is -5.27. The van der Waals surface area contributed by atoms with Gasteiger partial charge in [-0.15, -0.1) is 0 Å². The molecule has 14 heteroatoms. The molecule has 0 saturated carbocycles. The van der Waals surface area contributed by atoms with Crippen molar-refractivity contribution in [3.63, 3.8) is 0 Å². The molecule has 0 bridgehead atoms. The van der Waals surface area contributed by atoms with Crippen molar-refractivity contribution in [2.75, 3.05) is 6.54 Å². The number of aliphatic carboxylic acids is 2. The highest BCUT2D eigenvalue weighted by Gasteiger charge is 2.49. The maximum Gasteiger partial charge on any atom is 0.336 e. The predicted octanol–water partition coefficient (Wildman–Crippen LogP) is -0.751. The molecule has 1 heterocycles. The second-order valence-corrected chi connectivity index (χ2v) is 8.47. The first kappa shape index (κ1) is 27.3. The molecular weight excluding hydrogens is 500 g/mol. The van der Waals surface area contributed by atoms with Crippen LogP contribution in [0.1, 0.15) is 29.7 Å². The number of nitrogen functional groups attached to an aromatic ring is 1. The molecule has 198 valence electrons. The summed E-state index contributed by atoms with van der Waals surface area (Å²) in [6, 6.07) is 8.68. The maximum absolute atomic E-state index is 13.1. The summed E-state index contributed by atoms with van der Waals surface area (Å²) in [4.78, 5) is 74.6. The van der Waals surface area contributed by atoms with Crippen LogP contribution >= 0.6 is 0 Å². The highest BCUT2D eigenvalue weighted by Crippen LogP contribution is 2.29. The molecule has 0 spiro atoms. The molecule has 14 nitrogen and oxygen atoms in total. The van der Waals surface area contributed by atoms with Gasteiger partial charge in [0.25, 0.3) is 11.8 Å². The van der Waals surface area contributed by atoms with E-state index >= 15 is 0 Å². The molecular formula is C24H24N6O8. The zero-order valence-corrected chi connectivity index (χ0v) is 19.9. The lowest BCUT2D eigenvalue weighted by Gasteiger charge is -2.23. The predicted molar refractivity (Wildman–Crippen MR) is 130 cm³/mol. The second-order valence-electron chi connectivity index (χ2n) is 8.47. The zero-order valence-electron chi connectivity index (χ0n) is 19.9. The highest BCUT2D eigenvalue weighted by molar-refractivity contribution is 6.10. The molecule has 0 aromatic heterocycles. The van der Waals surface area contributed by atoms with Crippen LogP contribution in [-0.2, 0) is 29.5 Å². The van der Waals surface area contributed by atoms with Crippen LogP contribution in [0, 0.1) is 5.41 Å².